The zero-order valence-electron chi connectivity index (χ0n) is 12.0. The Morgan fingerprint density at radius 3 is 2.95 bits per heavy atom. The molecule has 1 N–H and O–H groups in total. The van der Waals surface area contributed by atoms with Crippen LogP contribution in [0.5, 0.6) is 5.75 Å². The van der Waals surface area contributed by atoms with E-state index in [-0.39, 0.29) is 0 Å². The van der Waals surface area contributed by atoms with Crippen molar-refractivity contribution in [2.75, 3.05) is 19.0 Å². The predicted octanol–water partition coefficient (Wildman–Crippen LogP) is 3.06. The van der Waals surface area contributed by atoms with Crippen LogP contribution >= 0.6 is 11.3 Å². The number of fused-ring (bicyclic) bond motifs is 1. The van der Waals surface area contributed by atoms with Gasteiger partial charge in [0.05, 0.1) is 12.6 Å². The molecule has 0 spiro atoms. The predicted molar refractivity (Wildman–Crippen MR) is 85.1 cm³/mol. The van der Waals surface area contributed by atoms with Crippen LogP contribution in [0.3, 0.4) is 0 Å². The molecule has 0 radical (unpaired) electrons. The third-order valence-corrected chi connectivity index (χ3v) is 4.10. The fourth-order valence-electron chi connectivity index (χ4n) is 2.21. The van der Waals surface area contributed by atoms with Crippen LogP contribution in [0.2, 0.25) is 0 Å². The van der Waals surface area contributed by atoms with Crippen molar-refractivity contribution in [3.05, 3.63) is 41.2 Å². The van der Waals surface area contributed by atoms with Gasteiger partial charge in [0.2, 0.25) is 0 Å². The quantitative estimate of drug-likeness (QED) is 0.784. The number of nitrogens with one attached hydrogen (secondary N) is 1. The van der Waals surface area contributed by atoms with Crippen molar-refractivity contribution >= 4 is 27.5 Å². The van der Waals surface area contributed by atoms with E-state index < -0.39 is 0 Å². The third kappa shape index (κ3) is 2.95. The Bertz CT molecular complexity index is 756. The molecule has 1 aromatic carbocycles. The molecule has 0 aliphatic heterocycles. The van der Waals surface area contributed by atoms with E-state index in [0.717, 1.165) is 34.9 Å². The number of thiazole rings is 1. The van der Waals surface area contributed by atoms with Gasteiger partial charge < -0.3 is 10.1 Å². The highest BCUT2D eigenvalue weighted by molar-refractivity contribution is 7.16. The normalized spacial score (nSPS) is 10.8. The maximum atomic E-state index is 5.22. The van der Waals surface area contributed by atoms with Crippen LogP contribution in [0.15, 0.2) is 30.0 Å². The standard InChI is InChI=1S/C15H16N4OS/c1-10-7-12(20-2)4-3-11(10)5-6-16-14-13-15(18-8-17-14)21-9-19-13/h3-4,7-9H,5-6H2,1-2H3,(H,16,17,18). The molecular formula is C15H16N4OS. The number of aryl methyl sites for hydroxylation is 1. The molecule has 3 aromatic rings. The lowest BCUT2D eigenvalue weighted by Crippen LogP contribution is -2.08. The summed E-state index contributed by atoms with van der Waals surface area (Å²) in [6.07, 6.45) is 2.49. The Hall–Kier alpha value is -2.21. The van der Waals surface area contributed by atoms with Gasteiger partial charge in [0.25, 0.3) is 0 Å². The zero-order valence-corrected chi connectivity index (χ0v) is 12.8. The number of ether oxygens (including phenoxy) is 1. The van der Waals surface area contributed by atoms with Crippen LogP contribution in [0, 0.1) is 6.92 Å². The van der Waals surface area contributed by atoms with E-state index in [9.17, 15) is 0 Å². The summed E-state index contributed by atoms with van der Waals surface area (Å²) >= 11 is 1.52. The average Bonchev–Trinajstić information content (AvgIpc) is 2.98. The average molecular weight is 300 g/mol. The molecule has 0 fully saturated rings. The van der Waals surface area contributed by atoms with Crippen molar-refractivity contribution in [2.24, 2.45) is 0 Å². The smallest absolute Gasteiger partial charge is 0.156 e. The van der Waals surface area contributed by atoms with Crippen LogP contribution in [-0.4, -0.2) is 28.6 Å². The summed E-state index contributed by atoms with van der Waals surface area (Å²) in [6, 6.07) is 6.15. The Labute approximate surface area is 127 Å². The summed E-state index contributed by atoms with van der Waals surface area (Å²) in [5.41, 5.74) is 5.16. The Balaban J connectivity index is 1.67. The van der Waals surface area contributed by atoms with Gasteiger partial charge >= 0.3 is 0 Å². The van der Waals surface area contributed by atoms with Crippen molar-refractivity contribution < 1.29 is 4.74 Å². The Kier molecular flexibility index (Phi) is 3.96. The lowest BCUT2D eigenvalue weighted by molar-refractivity contribution is 0.414. The van der Waals surface area contributed by atoms with Crippen molar-refractivity contribution in [3.8, 4) is 5.75 Å². The van der Waals surface area contributed by atoms with E-state index in [1.54, 1.807) is 18.9 Å². The van der Waals surface area contributed by atoms with Crippen LogP contribution in [0.25, 0.3) is 10.3 Å². The zero-order chi connectivity index (χ0) is 14.7. The SMILES string of the molecule is COc1ccc(CCNc2ncnc3scnc23)c(C)c1. The third-order valence-electron chi connectivity index (χ3n) is 3.37. The molecule has 6 heteroatoms. The lowest BCUT2D eigenvalue weighted by atomic mass is 10.1. The maximum absolute atomic E-state index is 5.22. The van der Waals surface area contributed by atoms with Gasteiger partial charge in [0.1, 0.15) is 22.4 Å². The number of rotatable bonds is 5. The molecule has 21 heavy (non-hydrogen) atoms. The molecule has 0 unspecified atom stereocenters. The Morgan fingerprint density at radius 2 is 2.14 bits per heavy atom. The van der Waals surface area contributed by atoms with Crippen molar-refractivity contribution in [2.45, 2.75) is 13.3 Å². The highest BCUT2D eigenvalue weighted by atomic mass is 32.1. The van der Waals surface area contributed by atoms with E-state index in [1.165, 1.54) is 22.5 Å². The molecule has 0 aliphatic carbocycles. The molecule has 2 aromatic heterocycles. The highest BCUT2D eigenvalue weighted by Crippen LogP contribution is 2.21. The van der Waals surface area contributed by atoms with Crippen LogP contribution in [0.4, 0.5) is 5.82 Å². The van der Waals surface area contributed by atoms with Gasteiger partial charge in [-0.2, -0.15) is 0 Å². The lowest BCUT2D eigenvalue weighted by Gasteiger charge is -2.09. The first-order valence-corrected chi connectivity index (χ1v) is 7.57. The van der Waals surface area contributed by atoms with E-state index in [2.05, 4.69) is 39.3 Å². The summed E-state index contributed by atoms with van der Waals surface area (Å²) in [7, 11) is 1.68. The number of benzene rings is 1. The van der Waals surface area contributed by atoms with Gasteiger partial charge in [-0.15, -0.1) is 11.3 Å². The summed E-state index contributed by atoms with van der Waals surface area (Å²) in [6.45, 7) is 2.90. The monoisotopic (exact) mass is 300 g/mol. The molecule has 0 saturated heterocycles. The largest absolute Gasteiger partial charge is 0.497 e. The number of hydrogen-bond donors (Lipinski definition) is 1. The van der Waals surface area contributed by atoms with Gasteiger partial charge in [0, 0.05) is 6.54 Å². The van der Waals surface area contributed by atoms with Gasteiger partial charge in [0.15, 0.2) is 5.82 Å². The molecule has 0 amide bonds. The minimum Gasteiger partial charge on any atom is -0.497 e. The molecule has 0 saturated carbocycles. The van der Waals surface area contributed by atoms with Gasteiger partial charge in [-0.05, 0) is 36.6 Å². The second-order valence-corrected chi connectivity index (χ2v) is 5.53. The van der Waals surface area contributed by atoms with Crippen molar-refractivity contribution in [3.63, 3.8) is 0 Å². The molecule has 5 nitrogen and oxygen atoms in total. The second kappa shape index (κ2) is 6.05. The topological polar surface area (TPSA) is 59.9 Å². The molecule has 0 bridgehead atoms. The Morgan fingerprint density at radius 1 is 1.24 bits per heavy atom. The van der Waals surface area contributed by atoms with E-state index in [4.69, 9.17) is 4.74 Å². The van der Waals surface area contributed by atoms with Gasteiger partial charge in [-0.3, -0.25) is 0 Å². The highest BCUT2D eigenvalue weighted by Gasteiger charge is 2.06. The van der Waals surface area contributed by atoms with E-state index >= 15 is 0 Å². The van der Waals surface area contributed by atoms with Crippen molar-refractivity contribution in [1.82, 2.24) is 15.0 Å². The van der Waals surface area contributed by atoms with Crippen molar-refractivity contribution in [1.29, 1.82) is 0 Å². The fourth-order valence-corrected chi connectivity index (χ4v) is 2.84. The molecule has 3 rings (SSSR count). The van der Waals surface area contributed by atoms with Crippen LogP contribution in [-0.2, 0) is 6.42 Å². The number of nitrogens with zero attached hydrogens (tertiary/aromatic N) is 3. The summed E-state index contributed by atoms with van der Waals surface area (Å²) in [5.74, 6) is 1.69. The molecule has 0 aliphatic rings. The number of anilines is 1. The number of methoxy groups -OCH3 is 1. The first kappa shape index (κ1) is 13.8. The minimum atomic E-state index is 0.799. The van der Waals surface area contributed by atoms with E-state index in [0.29, 0.717) is 0 Å². The molecule has 0 atom stereocenters. The summed E-state index contributed by atoms with van der Waals surface area (Å²) < 4.78 is 5.22. The minimum absolute atomic E-state index is 0.799. The van der Waals surface area contributed by atoms with Gasteiger partial charge in [-0.1, -0.05) is 6.07 Å². The van der Waals surface area contributed by atoms with Crippen LogP contribution < -0.4 is 10.1 Å². The first-order chi connectivity index (χ1) is 10.3. The molecular weight excluding hydrogens is 284 g/mol. The van der Waals surface area contributed by atoms with Crippen LogP contribution in [0.1, 0.15) is 11.1 Å². The second-order valence-electron chi connectivity index (χ2n) is 4.70. The van der Waals surface area contributed by atoms with Gasteiger partial charge in [-0.25, -0.2) is 15.0 Å². The maximum Gasteiger partial charge on any atom is 0.156 e. The number of aromatic nitrogens is 3. The first-order valence-electron chi connectivity index (χ1n) is 6.69. The summed E-state index contributed by atoms with van der Waals surface area (Å²) in [4.78, 5) is 13.7. The molecule has 2 heterocycles. The fraction of sp³-hybridized carbons (Fsp3) is 0.267. The molecule has 108 valence electrons. The van der Waals surface area contributed by atoms with E-state index in [1.807, 2.05) is 6.07 Å². The number of hydrogen-bond acceptors (Lipinski definition) is 6. The summed E-state index contributed by atoms with van der Waals surface area (Å²) in [5, 5.41) is 3.34.